The summed E-state index contributed by atoms with van der Waals surface area (Å²) in [6.45, 7) is 1.22. The lowest BCUT2D eigenvalue weighted by Crippen LogP contribution is -2.21. The highest BCUT2D eigenvalue weighted by atomic mass is 19.1. The zero-order valence-electron chi connectivity index (χ0n) is 9.36. The van der Waals surface area contributed by atoms with Crippen LogP contribution in [0, 0.1) is 5.82 Å². The highest BCUT2D eigenvalue weighted by Gasteiger charge is 2.08. The van der Waals surface area contributed by atoms with Crippen LogP contribution in [0.2, 0.25) is 0 Å². The normalized spacial score (nSPS) is 11.8. The van der Waals surface area contributed by atoms with E-state index in [-0.39, 0.29) is 12.4 Å². The molecule has 17 heavy (non-hydrogen) atoms. The monoisotopic (exact) mass is 241 g/mol. The number of hydrogen-bond acceptors (Lipinski definition) is 4. The molecule has 0 aliphatic heterocycles. The lowest BCUT2D eigenvalue weighted by atomic mass is 10.1. The summed E-state index contributed by atoms with van der Waals surface area (Å²) in [5.74, 6) is -0.561. The van der Waals surface area contributed by atoms with Crippen LogP contribution in [-0.2, 0) is 6.54 Å². The van der Waals surface area contributed by atoms with Gasteiger partial charge in [-0.1, -0.05) is 11.2 Å². The molecular weight excluding hydrogens is 225 g/mol. The van der Waals surface area contributed by atoms with Crippen LogP contribution in [0.1, 0.15) is 17.5 Å². The van der Waals surface area contributed by atoms with E-state index in [9.17, 15) is 4.39 Å². The lowest BCUT2D eigenvalue weighted by Gasteiger charge is -2.09. The molecule has 0 atom stereocenters. The van der Waals surface area contributed by atoms with Crippen LogP contribution >= 0.6 is 0 Å². The smallest absolute Gasteiger partial charge is 0.170 e. The molecule has 0 saturated heterocycles. The third kappa shape index (κ3) is 4.01. The van der Waals surface area contributed by atoms with Crippen molar-refractivity contribution < 1.29 is 14.7 Å². The summed E-state index contributed by atoms with van der Waals surface area (Å²) in [5, 5.41) is 23.2. The number of nitrogens with zero attached hydrogens (tertiary/aromatic N) is 1. The van der Waals surface area contributed by atoms with Crippen molar-refractivity contribution in [1.29, 1.82) is 0 Å². The minimum Gasteiger partial charge on any atom is -0.409 e. The SMILES string of the molecule is NC(=NO)c1cc(F)ccc1CNCCCO. The highest BCUT2D eigenvalue weighted by Crippen LogP contribution is 2.11. The van der Waals surface area contributed by atoms with Crippen LogP contribution in [0.15, 0.2) is 23.4 Å². The van der Waals surface area contributed by atoms with Gasteiger partial charge in [-0.25, -0.2) is 4.39 Å². The number of amidine groups is 1. The first-order chi connectivity index (χ1) is 8.19. The van der Waals surface area contributed by atoms with Gasteiger partial charge in [-0.05, 0) is 30.7 Å². The van der Waals surface area contributed by atoms with Crippen LogP contribution < -0.4 is 11.1 Å². The number of benzene rings is 1. The van der Waals surface area contributed by atoms with Crippen molar-refractivity contribution in [2.45, 2.75) is 13.0 Å². The Morgan fingerprint density at radius 1 is 1.47 bits per heavy atom. The van der Waals surface area contributed by atoms with Gasteiger partial charge in [0.2, 0.25) is 0 Å². The summed E-state index contributed by atoms with van der Waals surface area (Å²) >= 11 is 0. The molecule has 94 valence electrons. The number of aliphatic hydroxyl groups is 1. The Morgan fingerprint density at radius 2 is 2.24 bits per heavy atom. The molecule has 6 heteroatoms. The summed E-state index contributed by atoms with van der Waals surface area (Å²) in [7, 11) is 0. The number of halogens is 1. The van der Waals surface area contributed by atoms with Gasteiger partial charge >= 0.3 is 0 Å². The Hall–Kier alpha value is -1.66. The molecule has 1 aromatic carbocycles. The predicted octanol–water partition coefficient (Wildman–Crippen LogP) is 0.392. The van der Waals surface area contributed by atoms with E-state index in [4.69, 9.17) is 16.0 Å². The third-order valence-electron chi connectivity index (χ3n) is 2.28. The van der Waals surface area contributed by atoms with E-state index < -0.39 is 5.82 Å². The summed E-state index contributed by atoms with van der Waals surface area (Å²) in [4.78, 5) is 0. The van der Waals surface area contributed by atoms with Crippen molar-refractivity contribution in [2.24, 2.45) is 10.9 Å². The first-order valence-corrected chi connectivity index (χ1v) is 5.27. The maximum atomic E-state index is 13.0. The topological polar surface area (TPSA) is 90.9 Å². The molecule has 0 saturated carbocycles. The molecule has 0 aliphatic carbocycles. The first kappa shape index (κ1) is 13.4. The molecule has 0 aliphatic rings. The molecule has 1 rings (SSSR count). The van der Waals surface area contributed by atoms with Gasteiger partial charge in [0.05, 0.1) is 0 Å². The third-order valence-corrected chi connectivity index (χ3v) is 2.28. The van der Waals surface area contributed by atoms with Crippen molar-refractivity contribution in [3.8, 4) is 0 Å². The van der Waals surface area contributed by atoms with Crippen molar-refractivity contribution in [3.05, 3.63) is 35.1 Å². The second-order valence-corrected chi connectivity index (χ2v) is 3.54. The number of hydrogen-bond donors (Lipinski definition) is 4. The number of aliphatic hydroxyl groups excluding tert-OH is 1. The average molecular weight is 241 g/mol. The Balaban J connectivity index is 2.76. The van der Waals surface area contributed by atoms with Crippen LogP contribution in [-0.4, -0.2) is 29.3 Å². The fourth-order valence-corrected chi connectivity index (χ4v) is 1.42. The Labute approximate surface area is 98.7 Å². The van der Waals surface area contributed by atoms with Crippen molar-refractivity contribution in [1.82, 2.24) is 5.32 Å². The predicted molar refractivity (Wildman–Crippen MR) is 62.3 cm³/mol. The summed E-state index contributed by atoms with van der Waals surface area (Å²) < 4.78 is 13.0. The van der Waals surface area contributed by atoms with Gasteiger partial charge in [0.25, 0.3) is 0 Å². The van der Waals surface area contributed by atoms with Crippen molar-refractivity contribution in [3.63, 3.8) is 0 Å². The molecule has 5 nitrogen and oxygen atoms in total. The first-order valence-electron chi connectivity index (χ1n) is 5.27. The van der Waals surface area contributed by atoms with E-state index in [1.54, 1.807) is 6.07 Å². The molecule has 5 N–H and O–H groups in total. The number of oxime groups is 1. The molecule has 0 aromatic heterocycles. The Kier molecular flexibility index (Phi) is 5.38. The molecule has 0 bridgehead atoms. The number of nitrogens with two attached hydrogens (primary N) is 1. The molecule has 0 heterocycles. The molecule has 0 fully saturated rings. The van der Waals surface area contributed by atoms with Gasteiger partial charge in [0, 0.05) is 18.7 Å². The minimum atomic E-state index is -0.439. The summed E-state index contributed by atoms with van der Waals surface area (Å²) in [6.07, 6.45) is 0.639. The zero-order valence-corrected chi connectivity index (χ0v) is 9.36. The van der Waals surface area contributed by atoms with E-state index in [0.717, 1.165) is 5.56 Å². The maximum Gasteiger partial charge on any atom is 0.170 e. The zero-order chi connectivity index (χ0) is 12.7. The van der Waals surface area contributed by atoms with E-state index >= 15 is 0 Å². The minimum absolute atomic E-state index is 0.115. The molecule has 0 amide bonds. The van der Waals surface area contributed by atoms with Gasteiger partial charge < -0.3 is 21.4 Å². The van der Waals surface area contributed by atoms with Gasteiger partial charge in [-0.3, -0.25) is 0 Å². The standard InChI is InChI=1S/C11H16FN3O2/c12-9-3-2-8(7-14-4-1-5-16)10(6-9)11(13)15-17/h2-3,6,14,16-17H,1,4-5,7H2,(H2,13,15). The second kappa shape index (κ2) is 6.82. The quantitative estimate of drug-likeness (QED) is 0.191. The maximum absolute atomic E-state index is 13.0. The summed E-state index contributed by atoms with van der Waals surface area (Å²) in [5.41, 5.74) is 6.56. The summed E-state index contributed by atoms with van der Waals surface area (Å²) in [6, 6.07) is 4.12. The Morgan fingerprint density at radius 3 is 2.88 bits per heavy atom. The van der Waals surface area contributed by atoms with Crippen LogP contribution in [0.25, 0.3) is 0 Å². The van der Waals surface area contributed by atoms with Crippen LogP contribution in [0.4, 0.5) is 4.39 Å². The van der Waals surface area contributed by atoms with Gasteiger partial charge in [-0.2, -0.15) is 0 Å². The molecular formula is C11H16FN3O2. The van der Waals surface area contributed by atoms with Crippen molar-refractivity contribution in [2.75, 3.05) is 13.2 Å². The number of rotatable bonds is 6. The largest absolute Gasteiger partial charge is 0.409 e. The van der Waals surface area contributed by atoms with E-state index in [2.05, 4.69) is 10.5 Å². The molecule has 0 spiro atoms. The average Bonchev–Trinajstić information content (AvgIpc) is 2.35. The lowest BCUT2D eigenvalue weighted by molar-refractivity contribution is 0.286. The van der Waals surface area contributed by atoms with Crippen LogP contribution in [0.3, 0.4) is 0 Å². The van der Waals surface area contributed by atoms with Crippen LogP contribution in [0.5, 0.6) is 0 Å². The van der Waals surface area contributed by atoms with Gasteiger partial charge in [0.15, 0.2) is 5.84 Å². The van der Waals surface area contributed by atoms with Crippen molar-refractivity contribution >= 4 is 5.84 Å². The number of nitrogens with one attached hydrogen (secondary N) is 1. The molecule has 0 radical (unpaired) electrons. The fourth-order valence-electron chi connectivity index (χ4n) is 1.42. The van der Waals surface area contributed by atoms with Gasteiger partial charge in [-0.15, -0.1) is 0 Å². The van der Waals surface area contributed by atoms with Gasteiger partial charge in [0.1, 0.15) is 5.82 Å². The fraction of sp³-hybridized carbons (Fsp3) is 0.364. The second-order valence-electron chi connectivity index (χ2n) is 3.54. The highest BCUT2D eigenvalue weighted by molar-refractivity contribution is 5.98. The molecule has 1 aromatic rings. The van der Waals surface area contributed by atoms with E-state index in [0.29, 0.717) is 25.1 Å². The Bertz CT molecular complexity index is 396. The van der Waals surface area contributed by atoms with E-state index in [1.165, 1.54) is 12.1 Å². The van der Waals surface area contributed by atoms with E-state index in [1.807, 2.05) is 0 Å². The molecule has 0 unspecified atom stereocenters.